The van der Waals surface area contributed by atoms with Crippen molar-refractivity contribution in [3.8, 4) is 10.8 Å². The van der Waals surface area contributed by atoms with Crippen LogP contribution >= 0.6 is 27.3 Å². The van der Waals surface area contributed by atoms with Gasteiger partial charge in [0.2, 0.25) is 5.89 Å². The van der Waals surface area contributed by atoms with Gasteiger partial charge in [-0.2, -0.15) is 0 Å². The van der Waals surface area contributed by atoms with E-state index in [1.807, 2.05) is 42.6 Å². The number of benzene rings is 1. The van der Waals surface area contributed by atoms with Crippen LogP contribution in [0.3, 0.4) is 0 Å². The van der Waals surface area contributed by atoms with E-state index in [-0.39, 0.29) is 18.3 Å². The summed E-state index contributed by atoms with van der Waals surface area (Å²) in [4.78, 5) is 30.3. The van der Waals surface area contributed by atoms with Crippen molar-refractivity contribution >= 4 is 50.1 Å². The molecule has 0 aliphatic carbocycles. The molecule has 0 bridgehead atoms. The number of aromatic nitrogens is 3. The van der Waals surface area contributed by atoms with E-state index in [1.54, 1.807) is 0 Å². The average molecular weight is 472 g/mol. The van der Waals surface area contributed by atoms with Gasteiger partial charge in [0.15, 0.2) is 0 Å². The molecule has 29 heavy (non-hydrogen) atoms. The molecule has 1 aliphatic rings. The van der Waals surface area contributed by atoms with E-state index in [0.717, 1.165) is 30.0 Å². The van der Waals surface area contributed by atoms with E-state index in [1.165, 1.54) is 11.3 Å². The summed E-state index contributed by atoms with van der Waals surface area (Å²) in [6.45, 7) is -0.0609. The highest BCUT2D eigenvalue weighted by Crippen LogP contribution is 2.30. The third-order valence-corrected chi connectivity index (χ3v) is 6.36. The lowest BCUT2D eigenvalue weighted by molar-refractivity contribution is -0.128. The molecule has 3 aromatic heterocycles. The van der Waals surface area contributed by atoms with Crippen molar-refractivity contribution in [2.24, 2.45) is 0 Å². The van der Waals surface area contributed by atoms with Gasteiger partial charge in [0.25, 0.3) is 11.8 Å². The Morgan fingerprint density at radius 1 is 1.17 bits per heavy atom. The SMILES string of the molecule is O=C1N[C@@H](Cc2c[nH]c3ccccc23)C(=O)N1Cc1nnc(-c2ccc(Br)s2)o1. The number of para-hydroxylation sites is 1. The number of carbonyl (C=O) groups is 2. The highest BCUT2D eigenvalue weighted by Gasteiger charge is 2.39. The second-order valence-electron chi connectivity index (χ2n) is 6.59. The number of fused-ring (bicyclic) bond motifs is 1. The fraction of sp³-hybridized carbons (Fsp3) is 0.158. The molecule has 1 aliphatic heterocycles. The molecule has 8 nitrogen and oxygen atoms in total. The number of halogens is 1. The first-order chi connectivity index (χ1) is 14.1. The second-order valence-corrected chi connectivity index (χ2v) is 9.06. The Kier molecular flexibility index (Phi) is 4.44. The number of nitrogens with zero attached hydrogens (tertiary/aromatic N) is 3. The van der Waals surface area contributed by atoms with E-state index >= 15 is 0 Å². The average Bonchev–Trinajstić information content (AvgIpc) is 3.48. The molecule has 0 spiro atoms. The second kappa shape index (κ2) is 7.12. The van der Waals surface area contributed by atoms with Crippen LogP contribution in [0.5, 0.6) is 0 Å². The fourth-order valence-electron chi connectivity index (χ4n) is 3.37. The minimum atomic E-state index is -0.627. The van der Waals surface area contributed by atoms with Crippen molar-refractivity contribution < 1.29 is 14.0 Å². The van der Waals surface area contributed by atoms with Crippen molar-refractivity contribution in [2.45, 2.75) is 19.0 Å². The lowest BCUT2D eigenvalue weighted by Gasteiger charge is -2.10. The lowest BCUT2D eigenvalue weighted by atomic mass is 10.1. The Bertz CT molecular complexity index is 1230. The summed E-state index contributed by atoms with van der Waals surface area (Å²) in [6.07, 6.45) is 2.28. The quantitative estimate of drug-likeness (QED) is 0.431. The highest BCUT2D eigenvalue weighted by molar-refractivity contribution is 9.11. The molecule has 146 valence electrons. The lowest BCUT2D eigenvalue weighted by Crippen LogP contribution is -2.32. The van der Waals surface area contributed by atoms with Gasteiger partial charge in [-0.3, -0.25) is 9.69 Å². The molecule has 4 aromatic rings. The van der Waals surface area contributed by atoms with E-state index in [4.69, 9.17) is 4.42 Å². The Morgan fingerprint density at radius 3 is 2.86 bits per heavy atom. The number of thiophene rings is 1. The third kappa shape index (κ3) is 3.34. The number of aromatic amines is 1. The van der Waals surface area contributed by atoms with Crippen LogP contribution in [0.25, 0.3) is 21.7 Å². The largest absolute Gasteiger partial charge is 0.418 e. The van der Waals surface area contributed by atoms with Gasteiger partial charge < -0.3 is 14.7 Å². The minimum absolute atomic E-state index is 0.0609. The zero-order valence-corrected chi connectivity index (χ0v) is 17.3. The smallest absolute Gasteiger partial charge is 0.325 e. The van der Waals surface area contributed by atoms with Gasteiger partial charge in [-0.1, -0.05) is 18.2 Å². The van der Waals surface area contributed by atoms with Crippen LogP contribution in [0.4, 0.5) is 4.79 Å². The van der Waals surface area contributed by atoms with Crippen LogP contribution in [0.2, 0.25) is 0 Å². The number of nitrogens with one attached hydrogen (secondary N) is 2. The highest BCUT2D eigenvalue weighted by atomic mass is 79.9. The van der Waals surface area contributed by atoms with Crippen molar-refractivity contribution in [2.75, 3.05) is 0 Å². The van der Waals surface area contributed by atoms with Crippen molar-refractivity contribution in [3.05, 3.63) is 57.8 Å². The molecule has 0 saturated carbocycles. The molecule has 2 N–H and O–H groups in total. The molecule has 0 radical (unpaired) electrons. The van der Waals surface area contributed by atoms with Gasteiger partial charge in [0.05, 0.1) is 8.66 Å². The van der Waals surface area contributed by atoms with E-state index < -0.39 is 12.1 Å². The predicted molar refractivity (Wildman–Crippen MR) is 110 cm³/mol. The topological polar surface area (TPSA) is 104 Å². The number of carbonyl (C=O) groups excluding carboxylic acids is 2. The first-order valence-electron chi connectivity index (χ1n) is 8.83. The van der Waals surface area contributed by atoms with E-state index in [0.29, 0.717) is 12.3 Å². The summed E-state index contributed by atoms with van der Waals surface area (Å²) in [6, 6.07) is 10.5. The molecular weight excluding hydrogens is 458 g/mol. The summed E-state index contributed by atoms with van der Waals surface area (Å²) in [7, 11) is 0. The first kappa shape index (κ1) is 18.1. The maximum absolute atomic E-state index is 12.8. The zero-order chi connectivity index (χ0) is 20.0. The van der Waals surface area contributed by atoms with Crippen molar-refractivity contribution in [1.29, 1.82) is 0 Å². The molecule has 1 fully saturated rings. The molecule has 4 heterocycles. The van der Waals surface area contributed by atoms with Crippen LogP contribution in [0.15, 0.2) is 50.8 Å². The fourth-order valence-corrected chi connectivity index (χ4v) is 4.67. The Labute approximate surface area is 177 Å². The molecular formula is C19H14BrN5O3S. The molecule has 3 amide bonds. The molecule has 0 unspecified atom stereocenters. The maximum atomic E-state index is 12.8. The Balaban J connectivity index is 1.31. The van der Waals surface area contributed by atoms with Crippen molar-refractivity contribution in [1.82, 2.24) is 25.4 Å². The zero-order valence-electron chi connectivity index (χ0n) is 14.9. The third-order valence-electron chi connectivity index (χ3n) is 4.75. The molecule has 1 atom stereocenters. The summed E-state index contributed by atoms with van der Waals surface area (Å²) in [5.74, 6) is 0.262. The van der Waals surface area contributed by atoms with Gasteiger partial charge in [-0.05, 0) is 39.7 Å². The summed E-state index contributed by atoms with van der Waals surface area (Å²) in [5, 5.41) is 11.8. The van der Waals surface area contributed by atoms with Crippen LogP contribution in [-0.4, -0.2) is 38.1 Å². The van der Waals surface area contributed by atoms with Crippen molar-refractivity contribution in [3.63, 3.8) is 0 Å². The maximum Gasteiger partial charge on any atom is 0.325 e. The summed E-state index contributed by atoms with van der Waals surface area (Å²) in [5.41, 5.74) is 1.97. The summed E-state index contributed by atoms with van der Waals surface area (Å²) >= 11 is 4.85. The molecule has 1 saturated heterocycles. The number of H-pyrrole nitrogens is 1. The van der Waals surface area contributed by atoms with Crippen LogP contribution in [0, 0.1) is 0 Å². The van der Waals surface area contributed by atoms with Gasteiger partial charge in [-0.15, -0.1) is 21.5 Å². The van der Waals surface area contributed by atoms with Gasteiger partial charge in [0, 0.05) is 23.5 Å². The molecule has 10 heteroatoms. The standard InChI is InChI=1S/C19H14BrN5O3S/c20-15-6-5-14(29-15)17-24-23-16(28-17)9-25-18(26)13(22-19(25)27)7-10-8-21-12-4-2-1-3-11(10)12/h1-6,8,13,21H,7,9H2,(H,22,27)/t13-/m0/s1. The van der Waals surface area contributed by atoms with E-state index in [9.17, 15) is 9.59 Å². The number of amides is 3. The van der Waals surface area contributed by atoms with Gasteiger partial charge in [0.1, 0.15) is 12.6 Å². The Hall–Kier alpha value is -2.98. The number of hydrogen-bond acceptors (Lipinski definition) is 6. The van der Waals surface area contributed by atoms with E-state index in [2.05, 4.69) is 36.4 Å². The number of hydrogen-bond donors (Lipinski definition) is 2. The van der Waals surface area contributed by atoms with Gasteiger partial charge in [-0.25, -0.2) is 4.79 Å². The van der Waals surface area contributed by atoms with Crippen LogP contribution < -0.4 is 5.32 Å². The molecule has 5 rings (SSSR count). The van der Waals surface area contributed by atoms with Gasteiger partial charge >= 0.3 is 6.03 Å². The monoisotopic (exact) mass is 471 g/mol. The number of urea groups is 1. The number of imide groups is 1. The Morgan fingerprint density at radius 2 is 2.03 bits per heavy atom. The summed E-state index contributed by atoms with van der Waals surface area (Å²) < 4.78 is 6.57. The first-order valence-corrected chi connectivity index (χ1v) is 10.4. The van der Waals surface area contributed by atoms with Crippen LogP contribution in [-0.2, 0) is 17.8 Å². The normalized spacial score (nSPS) is 16.7. The van der Waals surface area contributed by atoms with Crippen LogP contribution in [0.1, 0.15) is 11.5 Å². The predicted octanol–water partition coefficient (Wildman–Crippen LogP) is 3.71. The number of rotatable bonds is 5. The molecule has 1 aromatic carbocycles. The minimum Gasteiger partial charge on any atom is -0.418 e.